The van der Waals surface area contributed by atoms with Crippen molar-refractivity contribution >= 4 is 28.4 Å². The molecule has 1 heterocycles. The zero-order chi connectivity index (χ0) is 16.4. The maximum Gasteiger partial charge on any atom is 0.267 e. The van der Waals surface area contributed by atoms with Crippen LogP contribution < -0.4 is 5.32 Å². The Labute approximate surface area is 136 Å². The second-order valence-corrected chi connectivity index (χ2v) is 5.63. The number of aliphatic hydroxyl groups excluding tert-OH is 1. The van der Waals surface area contributed by atoms with Gasteiger partial charge in [-0.25, -0.2) is 4.39 Å². The lowest BCUT2D eigenvalue weighted by Gasteiger charge is -2.11. The van der Waals surface area contributed by atoms with Crippen molar-refractivity contribution in [2.75, 3.05) is 6.54 Å². The van der Waals surface area contributed by atoms with E-state index < -0.39 is 6.10 Å². The number of carbonyl (C=O) groups is 1. The number of fused-ring (bicyclic) bond motifs is 1. The summed E-state index contributed by atoms with van der Waals surface area (Å²) in [6.07, 6.45) is -0.904. The van der Waals surface area contributed by atoms with Crippen LogP contribution >= 0.6 is 11.6 Å². The van der Waals surface area contributed by atoms with Crippen LogP contribution in [0.4, 0.5) is 4.39 Å². The quantitative estimate of drug-likeness (QED) is 0.685. The highest BCUT2D eigenvalue weighted by atomic mass is 35.5. The van der Waals surface area contributed by atoms with Gasteiger partial charge < -0.3 is 15.4 Å². The van der Waals surface area contributed by atoms with Crippen molar-refractivity contribution < 1.29 is 14.3 Å². The van der Waals surface area contributed by atoms with Crippen molar-refractivity contribution in [3.63, 3.8) is 0 Å². The smallest absolute Gasteiger partial charge is 0.267 e. The minimum atomic E-state index is -0.904. The number of rotatable bonds is 4. The zero-order valence-electron chi connectivity index (χ0n) is 12.0. The number of benzene rings is 2. The SMILES string of the molecule is O=C(NCC(O)c1ccc(F)cc1)c1cc2cc(Cl)ccc2[nH]1. The molecule has 0 fully saturated rings. The Morgan fingerprint density at radius 3 is 2.70 bits per heavy atom. The topological polar surface area (TPSA) is 65.1 Å². The van der Waals surface area contributed by atoms with Crippen LogP contribution in [-0.2, 0) is 0 Å². The van der Waals surface area contributed by atoms with Crippen molar-refractivity contribution in [1.82, 2.24) is 10.3 Å². The molecular formula is C17H14ClFN2O2. The second-order valence-electron chi connectivity index (χ2n) is 5.19. The molecule has 0 aliphatic rings. The number of aromatic nitrogens is 1. The van der Waals surface area contributed by atoms with E-state index in [0.29, 0.717) is 16.3 Å². The van der Waals surface area contributed by atoms with Crippen LogP contribution in [0.3, 0.4) is 0 Å². The van der Waals surface area contributed by atoms with Crippen molar-refractivity contribution in [3.05, 3.63) is 70.6 Å². The molecule has 4 nitrogen and oxygen atoms in total. The minimum Gasteiger partial charge on any atom is -0.387 e. The number of hydrogen-bond acceptors (Lipinski definition) is 2. The molecular weight excluding hydrogens is 319 g/mol. The molecule has 3 N–H and O–H groups in total. The molecule has 6 heteroatoms. The summed E-state index contributed by atoms with van der Waals surface area (Å²) in [4.78, 5) is 15.1. The summed E-state index contributed by atoms with van der Waals surface area (Å²) in [7, 11) is 0. The number of halogens is 2. The third-order valence-electron chi connectivity index (χ3n) is 3.54. The number of amides is 1. The lowest BCUT2D eigenvalue weighted by atomic mass is 10.1. The predicted molar refractivity (Wildman–Crippen MR) is 87.0 cm³/mol. The van der Waals surface area contributed by atoms with Gasteiger partial charge in [0, 0.05) is 22.5 Å². The van der Waals surface area contributed by atoms with Gasteiger partial charge in [0.25, 0.3) is 5.91 Å². The molecule has 0 aliphatic carbocycles. The number of carbonyl (C=O) groups excluding carboxylic acids is 1. The molecule has 1 unspecified atom stereocenters. The van der Waals surface area contributed by atoms with Gasteiger partial charge in [0.05, 0.1) is 6.10 Å². The normalized spacial score (nSPS) is 12.3. The maximum absolute atomic E-state index is 12.9. The Balaban J connectivity index is 1.67. The molecule has 23 heavy (non-hydrogen) atoms. The number of H-pyrrole nitrogens is 1. The summed E-state index contributed by atoms with van der Waals surface area (Å²) in [5.41, 5.74) is 1.72. The van der Waals surface area contributed by atoms with Crippen molar-refractivity contribution in [2.45, 2.75) is 6.10 Å². The van der Waals surface area contributed by atoms with E-state index in [-0.39, 0.29) is 18.3 Å². The summed E-state index contributed by atoms with van der Waals surface area (Å²) in [6, 6.07) is 12.5. The molecule has 0 saturated carbocycles. The molecule has 0 spiro atoms. The fourth-order valence-electron chi connectivity index (χ4n) is 2.31. The predicted octanol–water partition coefficient (Wildman–Crippen LogP) is 3.42. The van der Waals surface area contributed by atoms with Gasteiger partial charge in [-0.3, -0.25) is 4.79 Å². The Hall–Kier alpha value is -2.37. The molecule has 3 rings (SSSR count). The Bertz CT molecular complexity index is 845. The van der Waals surface area contributed by atoms with Gasteiger partial charge >= 0.3 is 0 Å². The molecule has 118 valence electrons. The highest BCUT2D eigenvalue weighted by Gasteiger charge is 2.13. The van der Waals surface area contributed by atoms with Gasteiger partial charge in [-0.2, -0.15) is 0 Å². The maximum atomic E-state index is 12.9. The van der Waals surface area contributed by atoms with Gasteiger partial charge in [-0.15, -0.1) is 0 Å². The molecule has 3 aromatic rings. The first kappa shape index (κ1) is 15.5. The van der Waals surface area contributed by atoms with Crippen LogP contribution in [0.1, 0.15) is 22.2 Å². The molecule has 1 amide bonds. The minimum absolute atomic E-state index is 0.0284. The monoisotopic (exact) mass is 332 g/mol. The third kappa shape index (κ3) is 3.52. The van der Waals surface area contributed by atoms with Gasteiger partial charge in [0.1, 0.15) is 11.5 Å². The van der Waals surface area contributed by atoms with E-state index in [1.54, 1.807) is 24.3 Å². The lowest BCUT2D eigenvalue weighted by molar-refractivity contribution is 0.0912. The number of hydrogen-bond donors (Lipinski definition) is 3. The Morgan fingerprint density at radius 2 is 1.96 bits per heavy atom. The van der Waals surface area contributed by atoms with Crippen molar-refractivity contribution in [3.8, 4) is 0 Å². The van der Waals surface area contributed by atoms with E-state index in [9.17, 15) is 14.3 Å². The number of nitrogens with one attached hydrogen (secondary N) is 2. The van der Waals surface area contributed by atoms with E-state index in [1.165, 1.54) is 24.3 Å². The van der Waals surface area contributed by atoms with Crippen LogP contribution in [-0.4, -0.2) is 22.5 Å². The van der Waals surface area contributed by atoms with Gasteiger partial charge in [-0.1, -0.05) is 23.7 Å². The lowest BCUT2D eigenvalue weighted by Crippen LogP contribution is -2.28. The summed E-state index contributed by atoms with van der Waals surface area (Å²) >= 11 is 5.91. The molecule has 0 saturated heterocycles. The summed E-state index contributed by atoms with van der Waals surface area (Å²) in [5.74, 6) is -0.708. The zero-order valence-corrected chi connectivity index (χ0v) is 12.8. The van der Waals surface area contributed by atoms with Gasteiger partial charge in [0.15, 0.2) is 0 Å². The van der Waals surface area contributed by atoms with E-state index >= 15 is 0 Å². The van der Waals surface area contributed by atoms with Crippen molar-refractivity contribution in [1.29, 1.82) is 0 Å². The Kier molecular flexibility index (Phi) is 4.32. The Morgan fingerprint density at radius 1 is 1.22 bits per heavy atom. The van der Waals surface area contributed by atoms with Crippen LogP contribution in [0.25, 0.3) is 10.9 Å². The standard InChI is InChI=1S/C17H14ClFN2O2/c18-12-3-6-14-11(7-12)8-15(21-14)17(23)20-9-16(22)10-1-4-13(19)5-2-10/h1-8,16,21-22H,9H2,(H,20,23). The summed E-state index contributed by atoms with van der Waals surface area (Å²) in [6.45, 7) is 0.0284. The van der Waals surface area contributed by atoms with Crippen LogP contribution in [0.15, 0.2) is 48.5 Å². The average Bonchev–Trinajstić information content (AvgIpc) is 2.96. The molecule has 0 aliphatic heterocycles. The fourth-order valence-corrected chi connectivity index (χ4v) is 2.49. The second kappa shape index (κ2) is 6.40. The van der Waals surface area contributed by atoms with Crippen LogP contribution in [0, 0.1) is 5.82 Å². The third-order valence-corrected chi connectivity index (χ3v) is 3.77. The molecule has 1 atom stereocenters. The molecule has 0 radical (unpaired) electrons. The van der Waals surface area contributed by atoms with E-state index in [1.807, 2.05) is 0 Å². The first-order valence-electron chi connectivity index (χ1n) is 7.03. The first-order valence-corrected chi connectivity index (χ1v) is 7.41. The van der Waals surface area contributed by atoms with Crippen molar-refractivity contribution in [2.24, 2.45) is 0 Å². The van der Waals surface area contributed by atoms with E-state index in [4.69, 9.17) is 11.6 Å². The molecule has 0 bridgehead atoms. The van der Waals surface area contributed by atoms with Gasteiger partial charge in [-0.05, 0) is 42.0 Å². The largest absolute Gasteiger partial charge is 0.387 e. The van der Waals surface area contributed by atoms with Gasteiger partial charge in [0.2, 0.25) is 0 Å². The van der Waals surface area contributed by atoms with E-state index in [0.717, 1.165) is 10.9 Å². The highest BCUT2D eigenvalue weighted by molar-refractivity contribution is 6.31. The highest BCUT2D eigenvalue weighted by Crippen LogP contribution is 2.20. The average molecular weight is 333 g/mol. The summed E-state index contributed by atoms with van der Waals surface area (Å²) < 4.78 is 12.9. The fraction of sp³-hybridized carbons (Fsp3) is 0.118. The van der Waals surface area contributed by atoms with E-state index in [2.05, 4.69) is 10.3 Å². The number of aromatic amines is 1. The molecule has 1 aromatic heterocycles. The molecule has 2 aromatic carbocycles. The summed E-state index contributed by atoms with van der Waals surface area (Å²) in [5, 5.41) is 14.1. The van der Waals surface area contributed by atoms with Crippen LogP contribution in [0.5, 0.6) is 0 Å². The van der Waals surface area contributed by atoms with Crippen LogP contribution in [0.2, 0.25) is 5.02 Å². The number of aliphatic hydroxyl groups is 1. The first-order chi connectivity index (χ1) is 11.0.